The number of nitrogens with one attached hydrogen (secondary N) is 1. The number of hydrogen-bond donors (Lipinski definition) is 1. The van der Waals surface area contributed by atoms with E-state index in [1.807, 2.05) is 18.2 Å². The van der Waals surface area contributed by atoms with E-state index in [9.17, 15) is 18.9 Å². The van der Waals surface area contributed by atoms with Crippen LogP contribution in [0.4, 0.5) is 5.69 Å². The van der Waals surface area contributed by atoms with Gasteiger partial charge in [0.15, 0.2) is 0 Å². The van der Waals surface area contributed by atoms with E-state index in [0.29, 0.717) is 30.6 Å². The maximum absolute atomic E-state index is 14.0. The summed E-state index contributed by atoms with van der Waals surface area (Å²) in [6.45, 7) is 1.05. The first-order chi connectivity index (χ1) is 18.0. The molecule has 1 aromatic heterocycles. The lowest BCUT2D eigenvalue weighted by atomic mass is 10.0. The molecule has 0 saturated carbocycles. The summed E-state index contributed by atoms with van der Waals surface area (Å²) in [6.07, 6.45) is 3.83. The molecule has 3 aromatic carbocycles. The number of aromatic amines is 1. The van der Waals surface area contributed by atoms with Crippen molar-refractivity contribution in [2.45, 2.75) is 30.4 Å². The average molecular weight is 545 g/mol. The topological polar surface area (TPSA) is 117 Å². The highest BCUT2D eigenvalue weighted by Crippen LogP contribution is 2.33. The molecule has 0 unspecified atom stereocenters. The van der Waals surface area contributed by atoms with Gasteiger partial charge in [0, 0.05) is 31.0 Å². The highest BCUT2D eigenvalue weighted by atomic mass is 35.5. The number of nitrogens with zero attached hydrogens (tertiary/aromatic N) is 5. The average Bonchev–Trinajstić information content (AvgIpc) is 3.39. The van der Waals surface area contributed by atoms with Gasteiger partial charge in [-0.2, -0.15) is 14.8 Å². The molecule has 38 heavy (non-hydrogen) atoms. The number of hydrogen-bond acceptors (Lipinski definition) is 6. The summed E-state index contributed by atoms with van der Waals surface area (Å²) in [6, 6.07) is 25.0. The molecule has 1 N–H and O–H groups in total. The summed E-state index contributed by atoms with van der Waals surface area (Å²) in [7, 11) is -3.86. The number of rotatable bonds is 6. The number of sulfonamides is 1. The monoisotopic (exact) mass is 544 g/mol. The van der Waals surface area contributed by atoms with Crippen LogP contribution in [-0.2, 0) is 29.5 Å². The molecule has 0 radical (unpaired) electrons. The Morgan fingerprint density at radius 1 is 0.974 bits per heavy atom. The Morgan fingerprint density at radius 3 is 2.34 bits per heavy atom. The number of nitriles is 2. The number of halogens is 1. The molecular weight excluding hydrogens is 520 g/mol. The van der Waals surface area contributed by atoms with E-state index >= 15 is 0 Å². The van der Waals surface area contributed by atoms with Crippen molar-refractivity contribution in [3.8, 4) is 12.1 Å². The minimum atomic E-state index is -3.86. The fraction of sp³-hybridized carbons (Fsp3) is 0.179. The molecule has 1 atom stereocenters. The molecular formula is C28H25ClN6O2S. The molecule has 0 amide bonds. The van der Waals surface area contributed by atoms with Gasteiger partial charge in [0.05, 0.1) is 46.7 Å². The number of fused-ring (bicyclic) bond motifs is 1. The van der Waals surface area contributed by atoms with Crippen molar-refractivity contribution >= 4 is 28.1 Å². The minimum Gasteiger partial charge on any atom is -0.364 e. The third kappa shape index (κ3) is 5.56. The lowest BCUT2D eigenvalue weighted by Gasteiger charge is -2.32. The Labute approximate surface area is 228 Å². The van der Waals surface area contributed by atoms with Crippen molar-refractivity contribution in [2.75, 3.05) is 11.4 Å². The molecule has 1 aliphatic rings. The largest absolute Gasteiger partial charge is 0.364 e. The minimum absolute atomic E-state index is 0. The van der Waals surface area contributed by atoms with Crippen LogP contribution in [0, 0.1) is 22.7 Å². The van der Waals surface area contributed by atoms with Crippen molar-refractivity contribution < 1.29 is 8.42 Å². The molecule has 10 heteroatoms. The van der Waals surface area contributed by atoms with E-state index in [0.717, 1.165) is 22.5 Å². The lowest BCUT2D eigenvalue weighted by Crippen LogP contribution is -2.45. The van der Waals surface area contributed by atoms with Crippen molar-refractivity contribution in [3.63, 3.8) is 0 Å². The van der Waals surface area contributed by atoms with Crippen molar-refractivity contribution in [2.24, 2.45) is 0 Å². The van der Waals surface area contributed by atoms with Gasteiger partial charge in [-0.25, -0.2) is 13.4 Å². The summed E-state index contributed by atoms with van der Waals surface area (Å²) in [4.78, 5) is 9.63. The maximum atomic E-state index is 14.0. The van der Waals surface area contributed by atoms with E-state index in [2.05, 4.69) is 27.0 Å². The van der Waals surface area contributed by atoms with E-state index in [1.54, 1.807) is 71.4 Å². The second-order valence-electron chi connectivity index (χ2n) is 8.94. The van der Waals surface area contributed by atoms with Gasteiger partial charge in [0.25, 0.3) is 0 Å². The second-order valence-corrected chi connectivity index (χ2v) is 10.8. The van der Waals surface area contributed by atoms with Crippen LogP contribution in [0.2, 0.25) is 0 Å². The van der Waals surface area contributed by atoms with Gasteiger partial charge in [-0.15, -0.1) is 12.4 Å². The van der Waals surface area contributed by atoms with Crippen molar-refractivity contribution in [1.82, 2.24) is 14.3 Å². The molecule has 8 nitrogen and oxygen atoms in total. The molecule has 192 valence electrons. The zero-order chi connectivity index (χ0) is 25.8. The van der Waals surface area contributed by atoms with Gasteiger partial charge in [-0.05, 0) is 60.0 Å². The van der Waals surface area contributed by atoms with Gasteiger partial charge in [0.2, 0.25) is 10.0 Å². The van der Waals surface area contributed by atoms with E-state index in [-0.39, 0.29) is 23.8 Å². The van der Waals surface area contributed by atoms with Crippen LogP contribution in [-0.4, -0.2) is 35.3 Å². The Bertz CT molecular complexity index is 1580. The first-order valence-corrected chi connectivity index (χ1v) is 13.2. The van der Waals surface area contributed by atoms with Crippen LogP contribution in [0.1, 0.15) is 27.9 Å². The first kappa shape index (κ1) is 26.9. The fourth-order valence-electron chi connectivity index (χ4n) is 4.72. The van der Waals surface area contributed by atoms with Gasteiger partial charge in [0.1, 0.15) is 0 Å². The van der Waals surface area contributed by atoms with Gasteiger partial charge >= 0.3 is 0 Å². The lowest BCUT2D eigenvalue weighted by molar-refractivity contribution is 0.318. The predicted octanol–water partition coefficient (Wildman–Crippen LogP) is 4.40. The second kappa shape index (κ2) is 11.5. The molecule has 1 aliphatic heterocycles. The molecule has 0 spiro atoms. The fourth-order valence-corrected chi connectivity index (χ4v) is 6.34. The van der Waals surface area contributed by atoms with E-state index in [1.165, 1.54) is 0 Å². The summed E-state index contributed by atoms with van der Waals surface area (Å²) in [5.41, 5.74) is 4.50. The molecule has 5 rings (SSSR count). The SMILES string of the molecule is Cl.N#Cc1ccc(C[C@@H]2CN(Cc3cnc[nH]3)c3ccc(C#N)cc3CN2S(=O)(=O)c2ccccc2)cc1. The molecule has 0 fully saturated rings. The molecule has 0 bridgehead atoms. The number of aromatic nitrogens is 2. The van der Waals surface area contributed by atoms with Gasteiger partial charge in [-0.1, -0.05) is 30.3 Å². The van der Waals surface area contributed by atoms with Crippen LogP contribution < -0.4 is 4.90 Å². The smallest absolute Gasteiger partial charge is 0.243 e. The van der Waals surface area contributed by atoms with Crippen LogP contribution in [0.25, 0.3) is 0 Å². The van der Waals surface area contributed by atoms with E-state index in [4.69, 9.17) is 0 Å². The third-order valence-corrected chi connectivity index (χ3v) is 8.45. The van der Waals surface area contributed by atoms with Gasteiger partial charge in [-0.3, -0.25) is 0 Å². The number of benzene rings is 3. The molecule has 2 heterocycles. The molecule has 4 aromatic rings. The standard InChI is InChI=1S/C28H24N6O2S.ClH/c29-14-22-8-6-21(7-9-22)13-26-19-33(18-25-16-31-20-32-25)28-11-10-23(15-30)12-24(28)17-34(26)37(35,36)27-4-2-1-3-5-27;/h1-12,16,20,26H,13,17-19H2,(H,31,32);1H/t26-;/m1./s1. The predicted molar refractivity (Wildman–Crippen MR) is 146 cm³/mol. The summed E-state index contributed by atoms with van der Waals surface area (Å²) in [5, 5.41) is 18.7. The quantitative estimate of drug-likeness (QED) is 0.384. The van der Waals surface area contributed by atoms with Crippen molar-refractivity contribution in [1.29, 1.82) is 10.5 Å². The highest BCUT2D eigenvalue weighted by molar-refractivity contribution is 7.89. The Morgan fingerprint density at radius 2 is 1.68 bits per heavy atom. The Balaban J connectivity index is 0.00000336. The third-order valence-electron chi connectivity index (χ3n) is 6.53. The number of anilines is 1. The Hall–Kier alpha value is -4.15. The van der Waals surface area contributed by atoms with Gasteiger partial charge < -0.3 is 9.88 Å². The molecule has 0 aliphatic carbocycles. The van der Waals surface area contributed by atoms with Crippen LogP contribution in [0.5, 0.6) is 0 Å². The number of imidazole rings is 1. The summed E-state index contributed by atoms with van der Waals surface area (Å²) in [5.74, 6) is 0. The molecule has 0 saturated heterocycles. The highest BCUT2D eigenvalue weighted by Gasteiger charge is 2.36. The first-order valence-electron chi connectivity index (χ1n) is 11.8. The maximum Gasteiger partial charge on any atom is 0.243 e. The summed E-state index contributed by atoms with van der Waals surface area (Å²) < 4.78 is 29.6. The normalized spacial score (nSPS) is 15.4. The van der Waals surface area contributed by atoms with Crippen LogP contribution >= 0.6 is 12.4 Å². The zero-order valence-corrected chi connectivity index (χ0v) is 22.0. The zero-order valence-electron chi connectivity index (χ0n) is 20.4. The summed E-state index contributed by atoms with van der Waals surface area (Å²) >= 11 is 0. The Kier molecular flexibility index (Phi) is 8.13. The van der Waals surface area contributed by atoms with Crippen LogP contribution in [0.15, 0.2) is 90.2 Å². The van der Waals surface area contributed by atoms with Crippen LogP contribution in [0.3, 0.4) is 0 Å². The van der Waals surface area contributed by atoms with E-state index < -0.39 is 16.1 Å². The number of H-pyrrole nitrogens is 1. The van der Waals surface area contributed by atoms with Crippen molar-refractivity contribution in [3.05, 3.63) is 113 Å².